The maximum atomic E-state index is 14.9. The molecule has 35 heavy (non-hydrogen) atoms. The molecule has 2 aromatic heterocycles. The molecule has 0 unspecified atom stereocenters. The molecule has 9 nitrogen and oxygen atoms in total. The van der Waals surface area contributed by atoms with Crippen LogP contribution in [0, 0.1) is 17.1 Å². The normalized spacial score (nSPS) is 15.8. The van der Waals surface area contributed by atoms with Gasteiger partial charge in [0, 0.05) is 31.5 Å². The summed E-state index contributed by atoms with van der Waals surface area (Å²) in [6.45, 7) is 4.62. The van der Waals surface area contributed by atoms with Crippen LogP contribution in [-0.4, -0.2) is 52.2 Å². The minimum Gasteiger partial charge on any atom is -0.485 e. The van der Waals surface area contributed by atoms with Gasteiger partial charge in [0.05, 0.1) is 24.7 Å². The van der Waals surface area contributed by atoms with Crippen molar-refractivity contribution in [2.75, 3.05) is 41.4 Å². The first-order valence-electron chi connectivity index (χ1n) is 11.9. The zero-order valence-corrected chi connectivity index (χ0v) is 19.6. The summed E-state index contributed by atoms with van der Waals surface area (Å²) in [6, 6.07) is 7.12. The van der Waals surface area contributed by atoms with Gasteiger partial charge < -0.3 is 19.9 Å². The molecule has 1 aromatic carbocycles. The summed E-state index contributed by atoms with van der Waals surface area (Å²) in [4.78, 5) is 21.8. The zero-order chi connectivity index (χ0) is 24.2. The SMILES string of the molecule is CCc1cnc(N2CCC(Nc3ncnc4c3OCCN4c3ccc(CC#N)cc3F)CC2)nc1. The van der Waals surface area contributed by atoms with E-state index in [0.717, 1.165) is 43.9 Å². The van der Waals surface area contributed by atoms with Crippen LogP contribution >= 0.6 is 0 Å². The highest BCUT2D eigenvalue weighted by molar-refractivity contribution is 5.73. The average Bonchev–Trinajstić information content (AvgIpc) is 2.90. The van der Waals surface area contributed by atoms with Crippen molar-refractivity contribution in [1.29, 1.82) is 5.26 Å². The summed E-state index contributed by atoms with van der Waals surface area (Å²) in [5, 5.41) is 12.4. The molecule has 4 heterocycles. The highest BCUT2D eigenvalue weighted by Gasteiger charge is 2.28. The Kier molecular flexibility index (Phi) is 6.57. The van der Waals surface area contributed by atoms with E-state index in [-0.39, 0.29) is 18.3 Å². The van der Waals surface area contributed by atoms with E-state index in [1.807, 2.05) is 18.5 Å². The first-order valence-corrected chi connectivity index (χ1v) is 11.9. The minimum atomic E-state index is -0.389. The van der Waals surface area contributed by atoms with Crippen molar-refractivity contribution in [3.8, 4) is 11.8 Å². The summed E-state index contributed by atoms with van der Waals surface area (Å²) in [6.07, 6.45) is 8.15. The molecular formula is C25H27FN8O. The van der Waals surface area contributed by atoms with Gasteiger partial charge in [-0.05, 0) is 42.5 Å². The average molecular weight is 475 g/mol. The van der Waals surface area contributed by atoms with Crippen LogP contribution < -0.4 is 19.9 Å². The van der Waals surface area contributed by atoms with Crippen LogP contribution in [0.1, 0.15) is 30.9 Å². The van der Waals surface area contributed by atoms with Gasteiger partial charge in [0.1, 0.15) is 18.8 Å². The van der Waals surface area contributed by atoms with E-state index in [0.29, 0.717) is 41.8 Å². The number of rotatable bonds is 6. The van der Waals surface area contributed by atoms with Crippen molar-refractivity contribution in [2.45, 2.75) is 38.6 Å². The van der Waals surface area contributed by atoms with E-state index in [2.05, 4.69) is 37.1 Å². The second-order valence-corrected chi connectivity index (χ2v) is 8.65. The molecule has 0 bridgehead atoms. The van der Waals surface area contributed by atoms with E-state index >= 15 is 0 Å². The lowest BCUT2D eigenvalue weighted by atomic mass is 10.1. The molecule has 5 rings (SSSR count). The first kappa shape index (κ1) is 22.8. The maximum Gasteiger partial charge on any atom is 0.225 e. The fraction of sp³-hybridized carbons (Fsp3) is 0.400. The monoisotopic (exact) mass is 474 g/mol. The Labute approximate surface area is 203 Å². The maximum absolute atomic E-state index is 14.9. The van der Waals surface area contributed by atoms with Gasteiger partial charge >= 0.3 is 0 Å². The number of nitriles is 1. The van der Waals surface area contributed by atoms with Gasteiger partial charge in [0.25, 0.3) is 0 Å². The predicted molar refractivity (Wildman–Crippen MR) is 131 cm³/mol. The Morgan fingerprint density at radius 3 is 2.63 bits per heavy atom. The molecule has 10 heteroatoms. The van der Waals surface area contributed by atoms with E-state index in [1.54, 1.807) is 17.0 Å². The van der Waals surface area contributed by atoms with E-state index in [1.165, 1.54) is 12.4 Å². The van der Waals surface area contributed by atoms with Crippen LogP contribution in [0.4, 0.5) is 27.7 Å². The number of benzene rings is 1. The van der Waals surface area contributed by atoms with Gasteiger partial charge in [-0.15, -0.1) is 0 Å². The molecule has 3 aromatic rings. The lowest BCUT2D eigenvalue weighted by Crippen LogP contribution is -2.40. The number of fused-ring (bicyclic) bond motifs is 1. The van der Waals surface area contributed by atoms with Gasteiger partial charge in [-0.1, -0.05) is 13.0 Å². The highest BCUT2D eigenvalue weighted by atomic mass is 19.1. The van der Waals surface area contributed by atoms with Crippen LogP contribution in [0.5, 0.6) is 5.75 Å². The third kappa shape index (κ3) is 4.80. The van der Waals surface area contributed by atoms with Crippen LogP contribution in [-0.2, 0) is 12.8 Å². The molecule has 180 valence electrons. The van der Waals surface area contributed by atoms with Crippen molar-refractivity contribution in [1.82, 2.24) is 19.9 Å². The molecule has 1 N–H and O–H groups in total. The molecule has 1 saturated heterocycles. The first-order chi connectivity index (χ1) is 17.2. The fourth-order valence-corrected chi connectivity index (χ4v) is 4.45. The molecule has 1 fully saturated rings. The number of halogens is 1. The number of anilines is 4. The van der Waals surface area contributed by atoms with Gasteiger partial charge in [0.15, 0.2) is 11.6 Å². The van der Waals surface area contributed by atoms with Crippen molar-refractivity contribution in [3.63, 3.8) is 0 Å². The third-order valence-corrected chi connectivity index (χ3v) is 6.41. The molecule has 0 aliphatic carbocycles. The number of nitrogens with one attached hydrogen (secondary N) is 1. The molecule has 0 atom stereocenters. The minimum absolute atomic E-state index is 0.169. The number of nitrogens with zero attached hydrogens (tertiary/aromatic N) is 7. The van der Waals surface area contributed by atoms with Crippen LogP contribution in [0.25, 0.3) is 0 Å². The van der Waals surface area contributed by atoms with Crippen LogP contribution in [0.3, 0.4) is 0 Å². The summed E-state index contributed by atoms with van der Waals surface area (Å²) >= 11 is 0. The second-order valence-electron chi connectivity index (χ2n) is 8.65. The Balaban J connectivity index is 1.29. The number of hydrogen-bond acceptors (Lipinski definition) is 9. The summed E-state index contributed by atoms with van der Waals surface area (Å²) < 4.78 is 20.8. The largest absolute Gasteiger partial charge is 0.485 e. The molecular weight excluding hydrogens is 447 g/mol. The van der Waals surface area contributed by atoms with Gasteiger partial charge in [-0.3, -0.25) is 0 Å². The zero-order valence-electron chi connectivity index (χ0n) is 19.6. The predicted octanol–water partition coefficient (Wildman–Crippen LogP) is 3.65. The Morgan fingerprint density at radius 1 is 1.11 bits per heavy atom. The Bertz CT molecular complexity index is 1220. The number of piperidine rings is 1. The Morgan fingerprint density at radius 2 is 1.91 bits per heavy atom. The van der Waals surface area contributed by atoms with Crippen molar-refractivity contribution >= 4 is 23.3 Å². The van der Waals surface area contributed by atoms with Crippen molar-refractivity contribution in [2.24, 2.45) is 0 Å². The number of aryl methyl sites for hydroxylation is 1. The highest BCUT2D eigenvalue weighted by Crippen LogP contribution is 2.40. The van der Waals surface area contributed by atoms with Crippen molar-refractivity contribution in [3.05, 3.63) is 53.9 Å². The lowest BCUT2D eigenvalue weighted by molar-refractivity contribution is 0.311. The molecule has 0 spiro atoms. The topological polar surface area (TPSA) is 103 Å². The van der Waals surface area contributed by atoms with Gasteiger partial charge in [-0.25, -0.2) is 24.3 Å². The summed E-state index contributed by atoms with van der Waals surface area (Å²) in [7, 11) is 0. The van der Waals surface area contributed by atoms with Gasteiger partial charge in [-0.2, -0.15) is 5.26 Å². The molecule has 0 radical (unpaired) electrons. The molecule has 2 aliphatic heterocycles. The lowest BCUT2D eigenvalue weighted by Gasteiger charge is -2.34. The quantitative estimate of drug-likeness (QED) is 0.573. The molecule has 0 amide bonds. The number of aromatic nitrogens is 4. The molecule has 2 aliphatic rings. The fourth-order valence-electron chi connectivity index (χ4n) is 4.45. The number of ether oxygens (including phenoxy) is 1. The van der Waals surface area contributed by atoms with Gasteiger partial charge in [0.2, 0.25) is 11.7 Å². The third-order valence-electron chi connectivity index (χ3n) is 6.41. The summed E-state index contributed by atoms with van der Waals surface area (Å²) in [5.41, 5.74) is 2.18. The van der Waals surface area contributed by atoms with E-state index in [4.69, 9.17) is 10.00 Å². The van der Waals surface area contributed by atoms with E-state index in [9.17, 15) is 4.39 Å². The summed E-state index contributed by atoms with van der Waals surface area (Å²) in [5.74, 6) is 2.05. The Hall–Kier alpha value is -4.00. The van der Waals surface area contributed by atoms with Crippen LogP contribution in [0.2, 0.25) is 0 Å². The van der Waals surface area contributed by atoms with Crippen molar-refractivity contribution < 1.29 is 9.13 Å². The standard InChI is InChI=1S/C25H27FN8O/c1-2-17-14-28-25(29-15-17)33-9-6-19(7-10-33)32-23-22-24(31-16-30-23)34(11-12-35-22)21-4-3-18(5-8-27)13-20(21)26/h3-4,13-16,19H,2,5-7,9-12H2,1H3,(H,30,31,32). The van der Waals surface area contributed by atoms with Crippen LogP contribution in [0.15, 0.2) is 36.9 Å². The smallest absolute Gasteiger partial charge is 0.225 e. The van der Waals surface area contributed by atoms with E-state index < -0.39 is 0 Å². The second kappa shape index (κ2) is 10.1. The number of hydrogen-bond donors (Lipinski definition) is 1. The molecule has 0 saturated carbocycles.